The maximum Gasteiger partial charge on any atom is 0.0829 e. The van der Waals surface area contributed by atoms with E-state index in [1.807, 2.05) is 0 Å². The van der Waals surface area contributed by atoms with Crippen LogP contribution in [0.25, 0.3) is 0 Å². The summed E-state index contributed by atoms with van der Waals surface area (Å²) in [5.41, 5.74) is 1.16. The van der Waals surface area contributed by atoms with Gasteiger partial charge in [0.15, 0.2) is 0 Å². The van der Waals surface area contributed by atoms with E-state index in [-0.39, 0.29) is 0 Å². The molecule has 1 unspecified atom stereocenters. The van der Waals surface area contributed by atoms with Gasteiger partial charge in [-0.25, -0.2) is 0 Å². The number of hydrogen-bond acceptors (Lipinski definition) is 4. The van der Waals surface area contributed by atoms with Crippen LogP contribution in [0.3, 0.4) is 0 Å². The Labute approximate surface area is 96.5 Å². The molecule has 0 aromatic carbocycles. The predicted octanol–water partition coefficient (Wildman–Crippen LogP) is 3.11. The van der Waals surface area contributed by atoms with Crippen molar-refractivity contribution in [2.24, 2.45) is 0 Å². The molecule has 0 radical (unpaired) electrons. The molecule has 0 saturated heterocycles. The van der Waals surface area contributed by atoms with E-state index < -0.39 is 0 Å². The maximum atomic E-state index is 4.22. The highest BCUT2D eigenvalue weighted by molar-refractivity contribution is 7.05. The minimum Gasteiger partial charge on any atom is -0.309 e. The fraction of sp³-hybridized carbons (Fsp3) is 0.818. The molecule has 1 N–H and O–H groups in total. The van der Waals surface area contributed by atoms with Crippen LogP contribution in [0.15, 0.2) is 0 Å². The van der Waals surface area contributed by atoms with Gasteiger partial charge in [0, 0.05) is 6.04 Å². The second-order valence-corrected chi connectivity index (χ2v) is 4.88. The Balaban J connectivity index is 2.76. The molecule has 15 heavy (non-hydrogen) atoms. The third-order valence-corrected chi connectivity index (χ3v) is 3.31. The molecular formula is C11H21N3S. The lowest BCUT2D eigenvalue weighted by atomic mass is 10.0. The molecule has 4 heteroatoms. The van der Waals surface area contributed by atoms with Crippen LogP contribution in [0.5, 0.6) is 0 Å². The Bertz CT molecular complexity index is 283. The average molecular weight is 227 g/mol. The summed E-state index contributed by atoms with van der Waals surface area (Å²) in [7, 11) is 0. The van der Waals surface area contributed by atoms with Gasteiger partial charge >= 0.3 is 0 Å². The standard InChI is InChI=1S/C11H21N3S/c1-5-7-12-9(6-2)11-10(8(3)4)13-14-15-11/h8-9,12H,5-7H2,1-4H3. The third-order valence-electron chi connectivity index (χ3n) is 2.45. The highest BCUT2D eigenvalue weighted by atomic mass is 32.1. The van der Waals surface area contributed by atoms with Crippen molar-refractivity contribution < 1.29 is 0 Å². The molecule has 1 heterocycles. The third kappa shape index (κ3) is 3.24. The van der Waals surface area contributed by atoms with Crippen LogP contribution >= 0.6 is 11.5 Å². The summed E-state index contributed by atoms with van der Waals surface area (Å²) in [6, 6.07) is 0.433. The molecule has 0 aliphatic carbocycles. The molecule has 0 spiro atoms. The van der Waals surface area contributed by atoms with Crippen molar-refractivity contribution in [1.82, 2.24) is 14.9 Å². The number of nitrogens with one attached hydrogen (secondary N) is 1. The molecule has 0 aliphatic rings. The first kappa shape index (κ1) is 12.6. The summed E-state index contributed by atoms with van der Waals surface area (Å²) in [6.45, 7) is 9.80. The molecule has 1 rings (SSSR count). The molecule has 0 bridgehead atoms. The number of aromatic nitrogens is 2. The molecule has 0 aliphatic heterocycles. The number of hydrogen-bond donors (Lipinski definition) is 1. The lowest BCUT2D eigenvalue weighted by Crippen LogP contribution is -2.21. The van der Waals surface area contributed by atoms with E-state index in [2.05, 4.69) is 42.6 Å². The number of rotatable bonds is 6. The van der Waals surface area contributed by atoms with Crippen LogP contribution < -0.4 is 5.32 Å². The van der Waals surface area contributed by atoms with Crippen LogP contribution in [0, 0.1) is 0 Å². The highest BCUT2D eigenvalue weighted by Gasteiger charge is 2.18. The zero-order valence-electron chi connectivity index (χ0n) is 10.1. The Hall–Kier alpha value is -0.480. The highest BCUT2D eigenvalue weighted by Crippen LogP contribution is 2.27. The van der Waals surface area contributed by atoms with Crippen LogP contribution in [0.2, 0.25) is 0 Å². The molecule has 0 saturated carbocycles. The topological polar surface area (TPSA) is 37.8 Å². The average Bonchev–Trinajstić information content (AvgIpc) is 2.68. The second-order valence-electron chi connectivity index (χ2n) is 4.09. The molecule has 0 amide bonds. The zero-order chi connectivity index (χ0) is 11.3. The van der Waals surface area contributed by atoms with Gasteiger partial charge in [-0.3, -0.25) is 0 Å². The van der Waals surface area contributed by atoms with E-state index in [1.54, 1.807) is 0 Å². The SMILES string of the molecule is CCCNC(CC)c1snnc1C(C)C. The van der Waals surface area contributed by atoms with Crippen molar-refractivity contribution in [1.29, 1.82) is 0 Å². The fourth-order valence-corrected chi connectivity index (χ4v) is 2.55. The molecule has 0 fully saturated rings. The van der Waals surface area contributed by atoms with E-state index in [0.717, 1.165) is 18.7 Å². The van der Waals surface area contributed by atoms with Gasteiger partial charge in [-0.15, -0.1) is 5.10 Å². The van der Waals surface area contributed by atoms with E-state index in [9.17, 15) is 0 Å². The summed E-state index contributed by atoms with van der Waals surface area (Å²) in [4.78, 5) is 1.32. The van der Waals surface area contributed by atoms with Gasteiger partial charge in [0.2, 0.25) is 0 Å². The Morgan fingerprint density at radius 3 is 2.60 bits per heavy atom. The van der Waals surface area contributed by atoms with E-state index in [4.69, 9.17) is 0 Å². The van der Waals surface area contributed by atoms with E-state index in [1.165, 1.54) is 22.8 Å². The van der Waals surface area contributed by atoms with Crippen molar-refractivity contribution >= 4 is 11.5 Å². The molecule has 1 aromatic heterocycles. The molecule has 1 atom stereocenters. The monoisotopic (exact) mass is 227 g/mol. The van der Waals surface area contributed by atoms with Crippen LogP contribution in [-0.4, -0.2) is 16.1 Å². The summed E-state index contributed by atoms with van der Waals surface area (Å²) in [6.07, 6.45) is 2.27. The van der Waals surface area contributed by atoms with Crippen LogP contribution in [-0.2, 0) is 0 Å². The second kappa shape index (κ2) is 6.18. The van der Waals surface area contributed by atoms with E-state index >= 15 is 0 Å². The van der Waals surface area contributed by atoms with Crippen LogP contribution in [0.4, 0.5) is 0 Å². The van der Waals surface area contributed by atoms with Crippen LogP contribution in [0.1, 0.15) is 63.1 Å². The van der Waals surface area contributed by atoms with Gasteiger partial charge in [0.25, 0.3) is 0 Å². The van der Waals surface area contributed by atoms with Crippen molar-refractivity contribution in [2.45, 2.75) is 52.5 Å². The van der Waals surface area contributed by atoms with Crippen molar-refractivity contribution in [2.75, 3.05) is 6.54 Å². The molecule has 86 valence electrons. The molecular weight excluding hydrogens is 206 g/mol. The lowest BCUT2D eigenvalue weighted by molar-refractivity contribution is 0.518. The van der Waals surface area contributed by atoms with Crippen molar-refractivity contribution in [3.63, 3.8) is 0 Å². The first-order chi connectivity index (χ1) is 7.20. The van der Waals surface area contributed by atoms with Gasteiger partial charge < -0.3 is 5.32 Å². The maximum absolute atomic E-state index is 4.22. The largest absolute Gasteiger partial charge is 0.309 e. The van der Waals surface area contributed by atoms with Gasteiger partial charge in [-0.1, -0.05) is 32.2 Å². The minimum atomic E-state index is 0.433. The lowest BCUT2D eigenvalue weighted by Gasteiger charge is -2.16. The van der Waals surface area contributed by atoms with Gasteiger partial charge in [-0.2, -0.15) is 0 Å². The minimum absolute atomic E-state index is 0.433. The van der Waals surface area contributed by atoms with Crippen molar-refractivity contribution in [3.05, 3.63) is 10.6 Å². The van der Waals surface area contributed by atoms with E-state index in [0.29, 0.717) is 12.0 Å². The first-order valence-electron chi connectivity index (χ1n) is 5.76. The van der Waals surface area contributed by atoms with Gasteiger partial charge in [0.05, 0.1) is 10.6 Å². The normalized spacial score (nSPS) is 13.4. The zero-order valence-corrected chi connectivity index (χ0v) is 10.9. The quantitative estimate of drug-likeness (QED) is 0.811. The molecule has 1 aromatic rings. The summed E-state index contributed by atoms with van der Waals surface area (Å²) < 4.78 is 4.07. The Morgan fingerprint density at radius 1 is 1.33 bits per heavy atom. The summed E-state index contributed by atoms with van der Waals surface area (Å²) >= 11 is 1.54. The number of nitrogens with zero attached hydrogens (tertiary/aromatic N) is 2. The van der Waals surface area contributed by atoms with Crippen molar-refractivity contribution in [3.8, 4) is 0 Å². The fourth-order valence-electron chi connectivity index (χ4n) is 1.59. The van der Waals surface area contributed by atoms with Gasteiger partial charge in [0.1, 0.15) is 0 Å². The van der Waals surface area contributed by atoms with Gasteiger partial charge in [-0.05, 0) is 36.8 Å². The Morgan fingerprint density at radius 2 is 2.07 bits per heavy atom. The smallest absolute Gasteiger partial charge is 0.0829 e. The summed E-state index contributed by atoms with van der Waals surface area (Å²) in [5, 5.41) is 7.77. The first-order valence-corrected chi connectivity index (χ1v) is 6.53. The predicted molar refractivity (Wildman–Crippen MR) is 65.3 cm³/mol. The molecule has 3 nitrogen and oxygen atoms in total. The Kier molecular flexibility index (Phi) is 5.19. The summed E-state index contributed by atoms with van der Waals surface area (Å²) in [5.74, 6) is 0.469.